The maximum absolute atomic E-state index is 12.3. The van der Waals surface area contributed by atoms with E-state index in [9.17, 15) is 9.59 Å². The Labute approximate surface area is 113 Å². The van der Waals surface area contributed by atoms with Crippen LogP contribution in [0.15, 0.2) is 0 Å². The molecule has 1 aliphatic heterocycles. The predicted molar refractivity (Wildman–Crippen MR) is 67.4 cm³/mol. The van der Waals surface area contributed by atoms with E-state index in [-0.39, 0.29) is 24.0 Å². The van der Waals surface area contributed by atoms with Crippen molar-refractivity contribution in [1.82, 2.24) is 4.90 Å². The third kappa shape index (κ3) is 1.90. The number of likely N-dealkylation sites (tertiary alicyclic amines) is 1. The van der Waals surface area contributed by atoms with Crippen molar-refractivity contribution in [1.29, 1.82) is 0 Å². The molecule has 0 spiro atoms. The van der Waals surface area contributed by atoms with Crippen LogP contribution in [0.3, 0.4) is 0 Å². The summed E-state index contributed by atoms with van der Waals surface area (Å²) in [6.07, 6.45) is 1.69. The number of methoxy groups -OCH3 is 1. The van der Waals surface area contributed by atoms with E-state index in [4.69, 9.17) is 9.47 Å². The standard InChI is InChI=1S/C14H21NO4/c1-14(2,3)19-13(17)15-10-6-9(7-5-8(7)10)11(15)12(16)18-4/h7-11H,5-6H2,1-4H3/t7-,8+,9-,10+,11+/m0/s1. The van der Waals surface area contributed by atoms with E-state index in [1.807, 2.05) is 20.8 Å². The largest absolute Gasteiger partial charge is 0.467 e. The van der Waals surface area contributed by atoms with Gasteiger partial charge in [0.05, 0.1) is 7.11 Å². The summed E-state index contributed by atoms with van der Waals surface area (Å²) in [5.74, 6) is 1.17. The molecule has 2 saturated carbocycles. The molecule has 3 aliphatic rings. The van der Waals surface area contributed by atoms with Crippen LogP contribution in [0, 0.1) is 17.8 Å². The molecular weight excluding hydrogens is 246 g/mol. The molecule has 5 nitrogen and oxygen atoms in total. The second kappa shape index (κ2) is 3.87. The van der Waals surface area contributed by atoms with Crippen molar-refractivity contribution in [2.24, 2.45) is 17.8 Å². The number of carbonyl (C=O) groups is 2. The molecule has 1 saturated heterocycles. The summed E-state index contributed by atoms with van der Waals surface area (Å²) in [5, 5.41) is 0. The number of carbonyl (C=O) groups excluding carboxylic acids is 2. The minimum atomic E-state index is -0.539. The number of ether oxygens (including phenoxy) is 2. The van der Waals surface area contributed by atoms with Crippen molar-refractivity contribution in [3.63, 3.8) is 0 Å². The minimum absolute atomic E-state index is 0.175. The van der Waals surface area contributed by atoms with Crippen LogP contribution in [-0.4, -0.2) is 41.8 Å². The highest BCUT2D eigenvalue weighted by Crippen LogP contribution is 2.63. The van der Waals surface area contributed by atoms with Crippen molar-refractivity contribution >= 4 is 12.1 Å². The molecule has 5 atom stereocenters. The number of hydrogen-bond donors (Lipinski definition) is 0. The molecule has 106 valence electrons. The lowest BCUT2D eigenvalue weighted by Crippen LogP contribution is -2.51. The Morgan fingerprint density at radius 1 is 1.11 bits per heavy atom. The van der Waals surface area contributed by atoms with Gasteiger partial charge in [0, 0.05) is 6.04 Å². The van der Waals surface area contributed by atoms with E-state index in [0.29, 0.717) is 11.8 Å². The molecule has 0 aromatic carbocycles. The first-order chi connectivity index (χ1) is 8.83. The molecule has 5 heteroatoms. The Kier molecular flexibility index (Phi) is 2.60. The van der Waals surface area contributed by atoms with Crippen LogP contribution in [0.2, 0.25) is 0 Å². The molecular formula is C14H21NO4. The van der Waals surface area contributed by atoms with Gasteiger partial charge in [0.15, 0.2) is 0 Å². The molecule has 3 fully saturated rings. The average Bonchev–Trinajstić information content (AvgIpc) is 2.92. The Bertz CT molecular complexity index is 428. The van der Waals surface area contributed by atoms with Gasteiger partial charge in [-0.1, -0.05) is 0 Å². The van der Waals surface area contributed by atoms with E-state index in [1.54, 1.807) is 4.90 Å². The number of fused-ring (bicyclic) bond motifs is 5. The summed E-state index contributed by atoms with van der Waals surface area (Å²) >= 11 is 0. The minimum Gasteiger partial charge on any atom is -0.467 e. The molecule has 0 N–H and O–H groups in total. The van der Waals surface area contributed by atoms with Gasteiger partial charge in [-0.3, -0.25) is 4.90 Å². The summed E-state index contributed by atoms with van der Waals surface area (Å²) in [6, 6.07) is -0.262. The zero-order valence-electron chi connectivity index (χ0n) is 11.9. The third-order valence-electron chi connectivity index (χ3n) is 4.56. The number of rotatable bonds is 1. The molecule has 19 heavy (non-hydrogen) atoms. The fourth-order valence-corrected chi connectivity index (χ4v) is 3.87. The van der Waals surface area contributed by atoms with Crippen LogP contribution in [-0.2, 0) is 14.3 Å². The summed E-state index contributed by atoms with van der Waals surface area (Å²) in [5.41, 5.74) is -0.539. The maximum atomic E-state index is 12.3. The molecule has 0 radical (unpaired) electrons. The second-order valence-electron chi connectivity index (χ2n) is 6.89. The van der Waals surface area contributed by atoms with Crippen molar-refractivity contribution in [2.45, 2.75) is 51.3 Å². The van der Waals surface area contributed by atoms with Crippen LogP contribution in [0.4, 0.5) is 4.79 Å². The first-order valence-corrected chi connectivity index (χ1v) is 6.92. The first-order valence-electron chi connectivity index (χ1n) is 6.92. The number of amides is 1. The van der Waals surface area contributed by atoms with Gasteiger partial charge in [0.1, 0.15) is 11.6 Å². The number of piperidine rings is 1. The molecule has 0 unspecified atom stereocenters. The highest BCUT2D eigenvalue weighted by atomic mass is 16.6. The topological polar surface area (TPSA) is 55.8 Å². The van der Waals surface area contributed by atoms with Gasteiger partial charge >= 0.3 is 12.1 Å². The molecule has 1 amide bonds. The van der Waals surface area contributed by atoms with E-state index in [2.05, 4.69) is 0 Å². The second-order valence-corrected chi connectivity index (χ2v) is 6.89. The van der Waals surface area contributed by atoms with Crippen molar-refractivity contribution < 1.29 is 19.1 Å². The molecule has 1 heterocycles. The van der Waals surface area contributed by atoms with E-state index in [1.165, 1.54) is 7.11 Å². The Morgan fingerprint density at radius 2 is 1.79 bits per heavy atom. The van der Waals surface area contributed by atoms with Gasteiger partial charge in [-0.2, -0.15) is 0 Å². The van der Waals surface area contributed by atoms with E-state index >= 15 is 0 Å². The lowest BCUT2D eigenvalue weighted by molar-refractivity contribution is -0.148. The monoisotopic (exact) mass is 267 g/mol. The predicted octanol–water partition coefficient (Wildman–Crippen LogP) is 1.80. The maximum Gasteiger partial charge on any atom is 0.411 e. The van der Waals surface area contributed by atoms with Crippen LogP contribution in [0.1, 0.15) is 33.6 Å². The van der Waals surface area contributed by atoms with E-state index < -0.39 is 11.6 Å². The van der Waals surface area contributed by atoms with Crippen LogP contribution < -0.4 is 0 Å². The van der Waals surface area contributed by atoms with Gasteiger partial charge in [-0.05, 0) is 51.4 Å². The van der Waals surface area contributed by atoms with Gasteiger partial charge in [-0.25, -0.2) is 9.59 Å². The first kappa shape index (κ1) is 12.8. The summed E-state index contributed by atoms with van der Waals surface area (Å²) in [6.45, 7) is 5.52. The van der Waals surface area contributed by atoms with Crippen LogP contribution >= 0.6 is 0 Å². The smallest absolute Gasteiger partial charge is 0.411 e. The lowest BCUT2D eigenvalue weighted by atomic mass is 9.97. The highest BCUT2D eigenvalue weighted by Gasteiger charge is 2.68. The van der Waals surface area contributed by atoms with Crippen molar-refractivity contribution in [3.05, 3.63) is 0 Å². The van der Waals surface area contributed by atoms with Crippen LogP contribution in [0.25, 0.3) is 0 Å². The third-order valence-corrected chi connectivity index (χ3v) is 4.56. The van der Waals surface area contributed by atoms with Crippen LogP contribution in [0.5, 0.6) is 0 Å². The Balaban J connectivity index is 1.82. The normalized spacial score (nSPS) is 38.9. The number of hydrogen-bond acceptors (Lipinski definition) is 4. The fraction of sp³-hybridized carbons (Fsp3) is 0.857. The fourth-order valence-electron chi connectivity index (χ4n) is 3.87. The van der Waals surface area contributed by atoms with Gasteiger partial charge in [0.25, 0.3) is 0 Å². The molecule has 0 aromatic rings. The van der Waals surface area contributed by atoms with Crippen molar-refractivity contribution in [2.75, 3.05) is 7.11 Å². The molecule has 0 aromatic heterocycles. The molecule has 3 rings (SSSR count). The number of esters is 1. The quantitative estimate of drug-likeness (QED) is 0.680. The van der Waals surface area contributed by atoms with Gasteiger partial charge in [0.2, 0.25) is 0 Å². The van der Waals surface area contributed by atoms with E-state index in [0.717, 1.165) is 12.8 Å². The Hall–Kier alpha value is -1.26. The Morgan fingerprint density at radius 3 is 2.37 bits per heavy atom. The lowest BCUT2D eigenvalue weighted by Gasteiger charge is -2.34. The van der Waals surface area contributed by atoms with Gasteiger partial charge in [-0.15, -0.1) is 0 Å². The molecule has 2 aliphatic carbocycles. The van der Waals surface area contributed by atoms with Crippen molar-refractivity contribution in [3.8, 4) is 0 Å². The summed E-state index contributed by atoms with van der Waals surface area (Å²) in [4.78, 5) is 26.0. The number of nitrogens with zero attached hydrogens (tertiary/aromatic N) is 1. The van der Waals surface area contributed by atoms with Gasteiger partial charge < -0.3 is 9.47 Å². The average molecular weight is 267 g/mol. The zero-order valence-corrected chi connectivity index (χ0v) is 11.9. The summed E-state index contributed by atoms with van der Waals surface area (Å²) in [7, 11) is 1.38. The summed E-state index contributed by atoms with van der Waals surface area (Å²) < 4.78 is 10.3. The molecule has 2 bridgehead atoms. The highest BCUT2D eigenvalue weighted by molar-refractivity contribution is 5.83. The zero-order chi connectivity index (χ0) is 13.9. The SMILES string of the molecule is COC(=O)[C@H]1[C@H]2C[C@H]([C@@H]3C[C@@H]32)N1C(=O)OC(C)(C)C.